The van der Waals surface area contributed by atoms with Gasteiger partial charge in [-0.05, 0) is 73.0 Å². The molecule has 2 unspecified atom stereocenters. The number of hydrogen-bond acceptors (Lipinski definition) is 14. The molecule has 3 aromatic carbocycles. The topological polar surface area (TPSA) is 225 Å². The number of nitrogens with zero attached hydrogens (tertiary/aromatic N) is 4. The number of hydrogen-bond donors (Lipinski definition) is 2. The average Bonchev–Trinajstić information content (AvgIpc) is 3.73. The molecule has 0 aromatic heterocycles. The zero-order valence-corrected chi connectivity index (χ0v) is 42.8. The Hall–Kier alpha value is -6.18. The number of carbonyl (C=O) groups excluding carboxylic acids is 6. The molecule has 1 aliphatic rings. The van der Waals surface area contributed by atoms with Crippen molar-refractivity contribution in [1.29, 1.82) is 0 Å². The predicted octanol–water partition coefficient (Wildman–Crippen LogP) is 5.90. The Labute approximate surface area is 411 Å². The molecule has 19 nitrogen and oxygen atoms in total. The van der Waals surface area contributed by atoms with Gasteiger partial charge in [0, 0.05) is 45.4 Å². The van der Waals surface area contributed by atoms with Gasteiger partial charge >= 0.3 is 6.16 Å². The number of amides is 4. The summed E-state index contributed by atoms with van der Waals surface area (Å²) in [5.41, 5.74) is 0.190. The molecule has 0 spiro atoms. The van der Waals surface area contributed by atoms with Gasteiger partial charge in [-0.15, -0.1) is 0 Å². The minimum Gasteiger partial charge on any atom is -0.497 e. The maximum Gasteiger partial charge on any atom is 0.514 e. The number of carbonyl (C=O) groups is 6. The van der Waals surface area contributed by atoms with Gasteiger partial charge in [-0.3, -0.25) is 39.0 Å². The lowest BCUT2D eigenvalue weighted by Gasteiger charge is -2.41. The molecule has 1 heterocycles. The maximum atomic E-state index is 14.8. The number of ketones is 1. The molecule has 19 heteroatoms. The third-order valence-electron chi connectivity index (χ3n) is 13.3. The van der Waals surface area contributed by atoms with Gasteiger partial charge in [-0.25, -0.2) is 4.79 Å². The third-order valence-corrected chi connectivity index (χ3v) is 13.3. The zero-order chi connectivity index (χ0) is 52.1. The molecule has 0 aliphatic carbocycles. The smallest absolute Gasteiger partial charge is 0.497 e. The van der Waals surface area contributed by atoms with Crippen LogP contribution in [0.3, 0.4) is 0 Å². The van der Waals surface area contributed by atoms with E-state index in [1.165, 1.54) is 43.4 Å². The van der Waals surface area contributed by atoms with E-state index in [-0.39, 0.29) is 72.7 Å². The number of ether oxygens (including phenoxy) is 5. The molecular weight excluding hydrogens is 905 g/mol. The van der Waals surface area contributed by atoms with Crippen LogP contribution >= 0.6 is 0 Å². The fourth-order valence-electron chi connectivity index (χ4n) is 9.32. The fraction of sp³-hybridized carbons (Fsp3) is 0.569. The first-order chi connectivity index (χ1) is 33.1. The Morgan fingerprint density at radius 2 is 1.46 bits per heavy atom. The quantitative estimate of drug-likeness (QED) is 0.0351. The molecule has 2 N–H and O–H groups in total. The van der Waals surface area contributed by atoms with Crippen LogP contribution < -0.4 is 20.1 Å². The number of Topliss-reactive ketones (excluding diaryl/α,β-unsaturated/α-hetero) is 1. The molecule has 70 heavy (non-hydrogen) atoms. The molecule has 384 valence electrons. The van der Waals surface area contributed by atoms with E-state index < -0.39 is 71.3 Å². The highest BCUT2D eigenvalue weighted by atomic mass is 16.7. The van der Waals surface area contributed by atoms with Crippen molar-refractivity contribution in [2.75, 3.05) is 55.6 Å². The first-order valence-electron chi connectivity index (χ1n) is 23.7. The van der Waals surface area contributed by atoms with E-state index in [4.69, 9.17) is 23.7 Å². The number of likely N-dealkylation sites (tertiary alicyclic amines) is 1. The van der Waals surface area contributed by atoms with Crippen molar-refractivity contribution >= 4 is 52.0 Å². The monoisotopic (exact) mass is 977 g/mol. The Bertz CT molecular complexity index is 2300. The molecule has 3 aromatic rings. The number of nitro groups is 1. The standard InChI is InChI=1S/C51H72N6O13/c1-14-31(6)46(55(10)50(62)44(29(2)3)53-49(61)45(30(4)5)54(8)9)42(67-12)26-43(59)56-28-39(70-51(63)69-37-21-18-36(19-22-37)57(64)65)25-40(56)47(68-13)32(7)48(60)52-27-41(58)35-16-15-34-24-38(66-11)20-17-33(34)23-35/h15-24,29-32,39-40,42,44-47H,14,25-28H2,1-13H3,(H,52,60)(H,53,61)/t31-,32+,39-,40-,42+,44-,45?,46?,47+/m0/s1. The van der Waals surface area contributed by atoms with Gasteiger partial charge < -0.3 is 44.1 Å². The highest BCUT2D eigenvalue weighted by Gasteiger charge is 2.47. The fourth-order valence-corrected chi connectivity index (χ4v) is 9.32. The van der Waals surface area contributed by atoms with E-state index in [1.54, 1.807) is 50.2 Å². The molecule has 0 bridgehead atoms. The number of non-ortho nitro benzene ring substituents is 1. The lowest BCUT2D eigenvalue weighted by molar-refractivity contribution is -0.384. The molecular formula is C51H72N6O13. The lowest BCUT2D eigenvalue weighted by atomic mass is 9.89. The van der Waals surface area contributed by atoms with Crippen LogP contribution in [0.25, 0.3) is 10.8 Å². The molecule has 0 radical (unpaired) electrons. The maximum absolute atomic E-state index is 14.8. The molecule has 4 rings (SSSR count). The summed E-state index contributed by atoms with van der Waals surface area (Å²) in [6.07, 6.45) is -3.52. The summed E-state index contributed by atoms with van der Waals surface area (Å²) in [7, 11) is 9.70. The second-order valence-corrected chi connectivity index (χ2v) is 18.9. The highest BCUT2D eigenvalue weighted by molar-refractivity contribution is 6.02. The summed E-state index contributed by atoms with van der Waals surface area (Å²) >= 11 is 0. The van der Waals surface area contributed by atoms with Gasteiger partial charge in [0.15, 0.2) is 5.78 Å². The van der Waals surface area contributed by atoms with Crippen molar-refractivity contribution in [1.82, 2.24) is 25.3 Å². The van der Waals surface area contributed by atoms with Crippen molar-refractivity contribution < 1.29 is 57.4 Å². The van der Waals surface area contributed by atoms with Crippen LogP contribution in [-0.2, 0) is 33.4 Å². The van der Waals surface area contributed by atoms with Crippen molar-refractivity contribution in [3.8, 4) is 11.5 Å². The number of methoxy groups -OCH3 is 3. The second kappa shape index (κ2) is 25.6. The van der Waals surface area contributed by atoms with Crippen molar-refractivity contribution in [2.24, 2.45) is 23.7 Å². The summed E-state index contributed by atoms with van der Waals surface area (Å²) < 4.78 is 28.4. The number of nitro benzene ring substituents is 1. The summed E-state index contributed by atoms with van der Waals surface area (Å²) in [6.45, 7) is 12.7. The number of likely N-dealkylation sites (N-methyl/N-ethyl adjacent to an activating group) is 2. The minimum absolute atomic E-state index is 0.00833. The van der Waals surface area contributed by atoms with Crippen LogP contribution in [0, 0.1) is 33.8 Å². The van der Waals surface area contributed by atoms with Crippen LogP contribution in [0.5, 0.6) is 11.5 Å². The van der Waals surface area contributed by atoms with E-state index in [0.29, 0.717) is 17.7 Å². The highest BCUT2D eigenvalue weighted by Crippen LogP contribution is 2.32. The number of fused-ring (bicyclic) bond motifs is 1. The SMILES string of the molecule is CC[C@H](C)C([C@@H](CC(=O)N1C[C@@H](OC(=O)Oc2ccc([N+](=O)[O-])cc2)C[C@H]1[C@H](OC)[C@@H](C)C(=O)NCC(=O)c1ccc2cc(OC)ccc2c1)OC)N(C)C(=O)[C@@H](NC(=O)C(C(C)C)N(C)C)C(C)C. The summed E-state index contributed by atoms with van der Waals surface area (Å²) in [6, 6.07) is 12.7. The van der Waals surface area contributed by atoms with Crippen LogP contribution in [0.4, 0.5) is 10.5 Å². The minimum atomic E-state index is -1.12. The van der Waals surface area contributed by atoms with Crippen LogP contribution in [-0.4, -0.2) is 153 Å². The summed E-state index contributed by atoms with van der Waals surface area (Å²) in [5, 5.41) is 18.6. The Morgan fingerprint density at radius 3 is 2.01 bits per heavy atom. The molecule has 4 amide bonds. The van der Waals surface area contributed by atoms with E-state index in [2.05, 4.69) is 10.6 Å². The van der Waals surface area contributed by atoms with E-state index >= 15 is 0 Å². The second-order valence-electron chi connectivity index (χ2n) is 18.9. The molecule has 1 saturated heterocycles. The normalized spacial score (nSPS) is 17.8. The van der Waals surface area contributed by atoms with E-state index in [1.807, 2.05) is 72.7 Å². The van der Waals surface area contributed by atoms with E-state index in [0.717, 1.165) is 10.8 Å². The van der Waals surface area contributed by atoms with Crippen LogP contribution in [0.1, 0.15) is 78.1 Å². The number of benzene rings is 3. The first-order valence-corrected chi connectivity index (χ1v) is 23.7. The van der Waals surface area contributed by atoms with Crippen LogP contribution in [0.15, 0.2) is 60.7 Å². The Morgan fingerprint density at radius 1 is 0.829 bits per heavy atom. The van der Waals surface area contributed by atoms with Crippen molar-refractivity contribution in [3.63, 3.8) is 0 Å². The summed E-state index contributed by atoms with van der Waals surface area (Å²) in [4.78, 5) is 98.7. The molecule has 1 aliphatic heterocycles. The zero-order valence-electron chi connectivity index (χ0n) is 42.8. The predicted molar refractivity (Wildman–Crippen MR) is 262 cm³/mol. The van der Waals surface area contributed by atoms with Gasteiger partial charge in [0.05, 0.1) is 67.8 Å². The van der Waals surface area contributed by atoms with Crippen molar-refractivity contribution in [3.05, 3.63) is 76.3 Å². The largest absolute Gasteiger partial charge is 0.514 e. The van der Waals surface area contributed by atoms with Gasteiger partial charge in [-0.2, -0.15) is 0 Å². The lowest BCUT2D eigenvalue weighted by Crippen LogP contribution is -2.59. The summed E-state index contributed by atoms with van der Waals surface area (Å²) in [5.74, 6) is -2.68. The van der Waals surface area contributed by atoms with Crippen LogP contribution in [0.2, 0.25) is 0 Å². The van der Waals surface area contributed by atoms with Crippen molar-refractivity contribution in [2.45, 2.75) is 110 Å². The Kier molecular flexibility index (Phi) is 20.6. The van der Waals surface area contributed by atoms with Gasteiger partial charge in [-0.1, -0.05) is 73.1 Å². The van der Waals surface area contributed by atoms with Gasteiger partial charge in [0.25, 0.3) is 5.69 Å². The number of nitrogens with one attached hydrogen (secondary N) is 2. The van der Waals surface area contributed by atoms with Gasteiger partial charge in [0.2, 0.25) is 23.6 Å². The first kappa shape index (κ1) is 56.4. The molecule has 0 saturated carbocycles. The molecule has 1 fully saturated rings. The Balaban J connectivity index is 1.59. The van der Waals surface area contributed by atoms with Gasteiger partial charge in [0.1, 0.15) is 23.6 Å². The molecule has 9 atom stereocenters. The number of rotatable bonds is 24. The third kappa shape index (κ3) is 14.2. The average molecular weight is 977 g/mol. The van der Waals surface area contributed by atoms with E-state index in [9.17, 15) is 38.9 Å².